The van der Waals surface area contributed by atoms with Gasteiger partial charge in [-0.3, -0.25) is 15.0 Å². The topological polar surface area (TPSA) is 88.1 Å². The van der Waals surface area contributed by atoms with Crippen molar-refractivity contribution in [1.82, 2.24) is 24.8 Å². The number of methoxy groups -OCH3 is 1. The molecule has 2 N–H and O–H groups in total. The van der Waals surface area contributed by atoms with Crippen LogP contribution in [-0.2, 0) is 0 Å². The number of nitrogens with one attached hydrogen (secondary N) is 2. The number of aromatic nitrogens is 5. The molecule has 3 aromatic heterocycles. The van der Waals surface area contributed by atoms with Crippen molar-refractivity contribution in [1.29, 1.82) is 0 Å². The van der Waals surface area contributed by atoms with E-state index in [0.717, 1.165) is 16.9 Å². The quantitative estimate of drug-likeness (QED) is 0.606. The molecule has 0 aliphatic rings. The van der Waals surface area contributed by atoms with Crippen LogP contribution >= 0.6 is 0 Å². The molecule has 114 valence electrons. The Morgan fingerprint density at radius 3 is 2.91 bits per heavy atom. The summed E-state index contributed by atoms with van der Waals surface area (Å²) < 4.78 is 6.67. The van der Waals surface area contributed by atoms with Crippen molar-refractivity contribution in [3.63, 3.8) is 0 Å². The second-order valence-corrected chi connectivity index (χ2v) is 5.03. The van der Waals surface area contributed by atoms with E-state index in [1.165, 1.54) is 4.52 Å². The number of hydrogen-bond donors (Lipinski definition) is 2. The standard InChI is InChI=1S/C16H13N5O2/c1-23-11-4-2-3-10(7-11)12-9-19-21-15(12)17-8-13(16(21)22)14-5-6-18-20-14/h2-9,19H,1H3,(H,18,20). The molecule has 7 nitrogen and oxygen atoms in total. The maximum Gasteiger partial charge on any atom is 0.282 e. The summed E-state index contributed by atoms with van der Waals surface area (Å²) in [6.07, 6.45) is 4.91. The summed E-state index contributed by atoms with van der Waals surface area (Å²) in [6, 6.07) is 9.35. The monoisotopic (exact) mass is 307 g/mol. The molecule has 0 aliphatic carbocycles. The van der Waals surface area contributed by atoms with Crippen molar-refractivity contribution in [3.8, 4) is 28.1 Å². The number of aromatic amines is 2. The van der Waals surface area contributed by atoms with E-state index in [9.17, 15) is 4.79 Å². The van der Waals surface area contributed by atoms with Crippen molar-refractivity contribution < 1.29 is 4.74 Å². The predicted molar refractivity (Wildman–Crippen MR) is 85.4 cm³/mol. The van der Waals surface area contributed by atoms with E-state index >= 15 is 0 Å². The molecule has 3 heterocycles. The molecule has 0 bridgehead atoms. The van der Waals surface area contributed by atoms with Gasteiger partial charge in [0.25, 0.3) is 5.56 Å². The van der Waals surface area contributed by atoms with Crippen LogP contribution in [0.2, 0.25) is 0 Å². The first-order valence-electron chi connectivity index (χ1n) is 7.01. The molecule has 1 aromatic carbocycles. The Morgan fingerprint density at radius 1 is 1.22 bits per heavy atom. The SMILES string of the molecule is COc1cccc(-c2c[nH]n3c(=O)c(-c4ccn[nH]4)cnc23)c1. The van der Waals surface area contributed by atoms with E-state index < -0.39 is 0 Å². The number of rotatable bonds is 3. The molecular formula is C16H13N5O2. The van der Waals surface area contributed by atoms with Gasteiger partial charge >= 0.3 is 0 Å². The van der Waals surface area contributed by atoms with Crippen molar-refractivity contribution in [3.05, 3.63) is 59.3 Å². The first-order chi connectivity index (χ1) is 11.3. The van der Waals surface area contributed by atoms with Gasteiger partial charge in [-0.05, 0) is 23.8 Å². The molecule has 7 heteroatoms. The molecular weight excluding hydrogens is 294 g/mol. The summed E-state index contributed by atoms with van der Waals surface area (Å²) in [7, 11) is 1.62. The largest absolute Gasteiger partial charge is 0.497 e. The van der Waals surface area contributed by atoms with Crippen LogP contribution in [-0.4, -0.2) is 31.9 Å². The van der Waals surface area contributed by atoms with Gasteiger partial charge < -0.3 is 4.74 Å². The lowest BCUT2D eigenvalue weighted by molar-refractivity contribution is 0.415. The van der Waals surface area contributed by atoms with Crippen LogP contribution < -0.4 is 10.3 Å². The van der Waals surface area contributed by atoms with Crippen LogP contribution in [0.4, 0.5) is 0 Å². The van der Waals surface area contributed by atoms with Crippen molar-refractivity contribution >= 4 is 5.65 Å². The van der Waals surface area contributed by atoms with Gasteiger partial charge in [-0.1, -0.05) is 12.1 Å². The summed E-state index contributed by atoms with van der Waals surface area (Å²) in [4.78, 5) is 17.0. The lowest BCUT2D eigenvalue weighted by Gasteiger charge is -2.03. The van der Waals surface area contributed by atoms with Gasteiger partial charge in [0.15, 0.2) is 5.65 Å². The molecule has 0 atom stereocenters. The van der Waals surface area contributed by atoms with Crippen LogP contribution in [0.25, 0.3) is 28.0 Å². The Labute approximate surface area is 130 Å². The van der Waals surface area contributed by atoms with Crippen molar-refractivity contribution in [2.45, 2.75) is 0 Å². The molecule has 0 amide bonds. The summed E-state index contributed by atoms with van der Waals surface area (Å²) in [6.45, 7) is 0. The van der Waals surface area contributed by atoms with Crippen LogP contribution in [0.1, 0.15) is 0 Å². The predicted octanol–water partition coefficient (Wildman–Crippen LogP) is 2.09. The fourth-order valence-electron chi connectivity index (χ4n) is 2.55. The van der Waals surface area contributed by atoms with Gasteiger partial charge in [0, 0.05) is 24.2 Å². The molecule has 4 aromatic rings. The van der Waals surface area contributed by atoms with Crippen molar-refractivity contribution in [2.75, 3.05) is 7.11 Å². The fraction of sp³-hybridized carbons (Fsp3) is 0.0625. The highest BCUT2D eigenvalue weighted by molar-refractivity contribution is 5.78. The lowest BCUT2D eigenvalue weighted by atomic mass is 10.1. The minimum absolute atomic E-state index is 0.187. The van der Waals surface area contributed by atoms with E-state index in [4.69, 9.17) is 4.74 Å². The van der Waals surface area contributed by atoms with Gasteiger partial charge in [-0.2, -0.15) is 5.10 Å². The van der Waals surface area contributed by atoms with Crippen molar-refractivity contribution in [2.24, 2.45) is 0 Å². The molecule has 0 saturated carbocycles. The van der Waals surface area contributed by atoms with Gasteiger partial charge in [0.1, 0.15) is 5.75 Å². The first-order valence-corrected chi connectivity index (χ1v) is 7.01. The fourth-order valence-corrected chi connectivity index (χ4v) is 2.55. The van der Waals surface area contributed by atoms with Crippen LogP contribution in [0, 0.1) is 0 Å². The number of H-pyrrole nitrogens is 2. The van der Waals surface area contributed by atoms with Crippen LogP contribution in [0.15, 0.2) is 53.7 Å². The molecule has 4 rings (SSSR count). The average Bonchev–Trinajstić information content (AvgIpc) is 3.25. The zero-order valence-corrected chi connectivity index (χ0v) is 12.3. The van der Waals surface area contributed by atoms with E-state index in [1.807, 2.05) is 24.3 Å². The Bertz CT molecular complexity index is 1030. The third-order valence-electron chi connectivity index (χ3n) is 3.71. The molecule has 0 fully saturated rings. The highest BCUT2D eigenvalue weighted by Gasteiger charge is 2.13. The van der Waals surface area contributed by atoms with Crippen LogP contribution in [0.5, 0.6) is 5.75 Å². The Balaban J connectivity index is 1.91. The van der Waals surface area contributed by atoms with Gasteiger partial charge in [0.2, 0.25) is 0 Å². The number of benzene rings is 1. The summed E-state index contributed by atoms with van der Waals surface area (Å²) >= 11 is 0. The Morgan fingerprint density at radius 2 is 2.13 bits per heavy atom. The molecule has 0 spiro atoms. The smallest absolute Gasteiger partial charge is 0.282 e. The zero-order valence-electron chi connectivity index (χ0n) is 12.3. The second kappa shape index (κ2) is 5.13. The first kappa shape index (κ1) is 13.3. The molecule has 0 aliphatic heterocycles. The summed E-state index contributed by atoms with van der Waals surface area (Å²) in [5, 5.41) is 9.61. The van der Waals surface area contributed by atoms with Gasteiger partial charge in [0.05, 0.1) is 18.4 Å². The third kappa shape index (κ3) is 2.10. The Kier molecular flexibility index (Phi) is 2.97. The molecule has 0 radical (unpaired) electrons. The van der Waals surface area contributed by atoms with Gasteiger partial charge in [-0.15, -0.1) is 0 Å². The lowest BCUT2D eigenvalue weighted by Crippen LogP contribution is -2.17. The Hall–Kier alpha value is -3.35. The minimum Gasteiger partial charge on any atom is -0.497 e. The minimum atomic E-state index is -0.187. The highest BCUT2D eigenvalue weighted by Crippen LogP contribution is 2.26. The molecule has 23 heavy (non-hydrogen) atoms. The zero-order chi connectivity index (χ0) is 15.8. The maximum absolute atomic E-state index is 12.6. The van der Waals surface area contributed by atoms with Crippen LogP contribution in [0.3, 0.4) is 0 Å². The number of ether oxygens (including phenoxy) is 1. The normalized spacial score (nSPS) is 11.0. The second-order valence-electron chi connectivity index (χ2n) is 5.03. The molecule has 0 saturated heterocycles. The number of nitrogens with zero attached hydrogens (tertiary/aromatic N) is 3. The average molecular weight is 307 g/mol. The summed E-state index contributed by atoms with van der Waals surface area (Å²) in [5.41, 5.74) is 3.22. The van der Waals surface area contributed by atoms with E-state index in [0.29, 0.717) is 16.9 Å². The number of hydrogen-bond acceptors (Lipinski definition) is 4. The molecule has 0 unspecified atom stereocenters. The highest BCUT2D eigenvalue weighted by atomic mass is 16.5. The van der Waals surface area contributed by atoms with Gasteiger partial charge in [-0.25, -0.2) is 9.50 Å². The third-order valence-corrected chi connectivity index (χ3v) is 3.71. The van der Waals surface area contributed by atoms with E-state index in [-0.39, 0.29) is 5.56 Å². The van der Waals surface area contributed by atoms with E-state index in [1.54, 1.807) is 31.8 Å². The van der Waals surface area contributed by atoms with E-state index in [2.05, 4.69) is 20.3 Å². The summed E-state index contributed by atoms with van der Waals surface area (Å²) in [5.74, 6) is 0.748. The maximum atomic E-state index is 12.6. The number of fused-ring (bicyclic) bond motifs is 1.